The molecule has 12 heteroatoms. The number of nitrogens with one attached hydrogen (secondary N) is 2. The van der Waals surface area contributed by atoms with E-state index < -0.39 is 12.0 Å². The number of anilines is 2. The number of aromatic hydroxyl groups is 1. The number of tetrazole rings is 1. The predicted molar refractivity (Wildman–Crippen MR) is 119 cm³/mol. The Morgan fingerprint density at radius 1 is 1.38 bits per heavy atom. The number of nitrogens with zero attached hydrogens (tertiary/aromatic N) is 5. The highest BCUT2D eigenvalue weighted by atomic mass is 79.9. The van der Waals surface area contributed by atoms with Gasteiger partial charge in [-0.2, -0.15) is 0 Å². The fraction of sp³-hybridized carbons (Fsp3) is 0.350. The molecule has 4 rings (SSSR count). The van der Waals surface area contributed by atoms with Crippen molar-refractivity contribution in [1.82, 2.24) is 25.2 Å². The van der Waals surface area contributed by atoms with Crippen molar-refractivity contribution in [2.75, 3.05) is 24.4 Å². The second-order valence-corrected chi connectivity index (χ2v) is 8.05. The lowest BCUT2D eigenvalue weighted by atomic mass is 9.85. The van der Waals surface area contributed by atoms with Gasteiger partial charge in [0.1, 0.15) is 11.4 Å². The molecule has 0 fully saturated rings. The van der Waals surface area contributed by atoms with E-state index in [9.17, 15) is 9.90 Å². The average Bonchev–Trinajstić information content (AvgIpc) is 3.24. The lowest BCUT2D eigenvalue weighted by Crippen LogP contribution is -2.46. The Balaban J connectivity index is 1.76. The molecule has 168 valence electrons. The van der Waals surface area contributed by atoms with Crippen LogP contribution >= 0.6 is 15.9 Å². The molecule has 1 aliphatic rings. The number of carbonyl (C=O) groups excluding carboxylic acids is 1. The molecule has 1 aliphatic heterocycles. The lowest BCUT2D eigenvalue weighted by Gasteiger charge is -2.36. The van der Waals surface area contributed by atoms with Crippen LogP contribution in [0.5, 0.6) is 17.2 Å². The maximum absolute atomic E-state index is 13.5. The third kappa shape index (κ3) is 3.93. The van der Waals surface area contributed by atoms with Crippen LogP contribution < -0.4 is 20.1 Å². The normalized spacial score (nSPS) is 19.6. The summed E-state index contributed by atoms with van der Waals surface area (Å²) in [4.78, 5) is 17.6. The number of halogens is 1. The van der Waals surface area contributed by atoms with Crippen LogP contribution in [0.3, 0.4) is 0 Å². The van der Waals surface area contributed by atoms with Gasteiger partial charge in [-0.05, 0) is 57.9 Å². The predicted octanol–water partition coefficient (Wildman–Crippen LogP) is 2.60. The van der Waals surface area contributed by atoms with Gasteiger partial charge < -0.3 is 25.2 Å². The van der Waals surface area contributed by atoms with E-state index in [0.717, 1.165) is 0 Å². The number of pyridine rings is 1. The van der Waals surface area contributed by atoms with E-state index in [2.05, 4.69) is 47.1 Å². The van der Waals surface area contributed by atoms with Gasteiger partial charge in [0.25, 0.3) is 0 Å². The third-order valence-electron chi connectivity index (χ3n) is 5.25. The van der Waals surface area contributed by atoms with Crippen LogP contribution in [-0.4, -0.2) is 56.0 Å². The topological polar surface area (TPSA) is 136 Å². The van der Waals surface area contributed by atoms with E-state index in [0.29, 0.717) is 34.0 Å². The standard InChI is InChI=1S/C20H22BrN7O4/c1-4-32-14-5-6-22-9-13(14)24-19(30)16-10(2)23-20-25-26-27-28(20)17(16)11-7-12(21)18(29)15(8-11)31-3/h5-10,16-17,29H,4H2,1-3H3,(H,24,30)(H,23,25,27). The summed E-state index contributed by atoms with van der Waals surface area (Å²) in [7, 11) is 1.46. The summed E-state index contributed by atoms with van der Waals surface area (Å²) in [5, 5.41) is 28.2. The molecule has 3 heterocycles. The maximum atomic E-state index is 13.5. The molecule has 32 heavy (non-hydrogen) atoms. The van der Waals surface area contributed by atoms with Gasteiger partial charge in [-0.15, -0.1) is 0 Å². The number of phenolic OH excluding ortho intramolecular Hbond substituents is 1. The molecule has 0 aliphatic carbocycles. The summed E-state index contributed by atoms with van der Waals surface area (Å²) in [6.07, 6.45) is 3.14. The molecular weight excluding hydrogens is 482 g/mol. The zero-order valence-electron chi connectivity index (χ0n) is 17.6. The molecule has 0 spiro atoms. The number of ether oxygens (including phenoxy) is 2. The first-order valence-corrected chi connectivity index (χ1v) is 10.7. The van der Waals surface area contributed by atoms with Crippen LogP contribution in [0.25, 0.3) is 0 Å². The fourth-order valence-corrected chi connectivity index (χ4v) is 4.27. The number of aromatic nitrogens is 5. The summed E-state index contributed by atoms with van der Waals surface area (Å²) in [5.74, 6) is 0.301. The van der Waals surface area contributed by atoms with Crippen molar-refractivity contribution in [3.8, 4) is 17.2 Å². The zero-order chi connectivity index (χ0) is 22.8. The maximum Gasteiger partial charge on any atom is 0.243 e. The molecule has 3 atom stereocenters. The van der Waals surface area contributed by atoms with Gasteiger partial charge in [-0.25, -0.2) is 4.68 Å². The van der Waals surface area contributed by atoms with E-state index in [1.54, 1.807) is 35.3 Å². The van der Waals surface area contributed by atoms with Crippen LogP contribution in [0.2, 0.25) is 0 Å². The lowest BCUT2D eigenvalue weighted by molar-refractivity contribution is -0.121. The molecule has 3 aromatic rings. The van der Waals surface area contributed by atoms with E-state index in [1.807, 2.05) is 13.8 Å². The molecular formula is C20H22BrN7O4. The van der Waals surface area contributed by atoms with Crippen LogP contribution in [0.15, 0.2) is 35.1 Å². The quantitative estimate of drug-likeness (QED) is 0.463. The molecule has 11 nitrogen and oxygen atoms in total. The minimum absolute atomic E-state index is 0.0344. The van der Waals surface area contributed by atoms with Gasteiger partial charge in [-0.1, -0.05) is 5.10 Å². The van der Waals surface area contributed by atoms with Gasteiger partial charge >= 0.3 is 0 Å². The Morgan fingerprint density at radius 3 is 2.94 bits per heavy atom. The van der Waals surface area contributed by atoms with Crippen molar-refractivity contribution in [3.05, 3.63) is 40.6 Å². The van der Waals surface area contributed by atoms with Gasteiger partial charge in [0.05, 0.1) is 36.3 Å². The molecule has 3 unspecified atom stereocenters. The Bertz CT molecular complexity index is 1140. The van der Waals surface area contributed by atoms with Gasteiger partial charge in [0.2, 0.25) is 11.9 Å². The second kappa shape index (κ2) is 8.99. The van der Waals surface area contributed by atoms with E-state index in [4.69, 9.17) is 9.47 Å². The highest BCUT2D eigenvalue weighted by Gasteiger charge is 2.42. The fourth-order valence-electron chi connectivity index (χ4n) is 3.81. The molecule has 1 aromatic carbocycles. The summed E-state index contributed by atoms with van der Waals surface area (Å²) in [5.41, 5.74) is 1.15. The summed E-state index contributed by atoms with van der Waals surface area (Å²) < 4.78 is 12.9. The van der Waals surface area contributed by atoms with Gasteiger partial charge in [-0.3, -0.25) is 9.78 Å². The number of hydrogen-bond acceptors (Lipinski definition) is 9. The first-order chi connectivity index (χ1) is 15.4. The Hall–Kier alpha value is -3.41. The minimum Gasteiger partial charge on any atom is -0.503 e. The Morgan fingerprint density at radius 2 is 2.19 bits per heavy atom. The minimum atomic E-state index is -0.623. The Kier molecular flexibility index (Phi) is 6.12. The van der Waals surface area contributed by atoms with Gasteiger partial charge in [0, 0.05) is 18.3 Å². The summed E-state index contributed by atoms with van der Waals surface area (Å²) >= 11 is 3.36. The number of hydrogen-bond donors (Lipinski definition) is 3. The smallest absolute Gasteiger partial charge is 0.243 e. The van der Waals surface area contributed by atoms with Crippen LogP contribution in [0.4, 0.5) is 11.6 Å². The number of benzene rings is 1. The van der Waals surface area contributed by atoms with Crippen molar-refractivity contribution < 1.29 is 19.4 Å². The van der Waals surface area contributed by atoms with Crippen molar-refractivity contribution in [2.24, 2.45) is 5.92 Å². The number of methoxy groups -OCH3 is 1. The highest BCUT2D eigenvalue weighted by Crippen LogP contribution is 2.42. The van der Waals surface area contributed by atoms with Gasteiger partial charge in [0.15, 0.2) is 11.5 Å². The number of carbonyl (C=O) groups is 1. The summed E-state index contributed by atoms with van der Waals surface area (Å²) in [6.45, 7) is 4.20. The van der Waals surface area contributed by atoms with Crippen molar-refractivity contribution in [3.63, 3.8) is 0 Å². The first-order valence-electron chi connectivity index (χ1n) is 9.93. The Labute approximate surface area is 192 Å². The second-order valence-electron chi connectivity index (χ2n) is 7.20. The van der Waals surface area contributed by atoms with E-state index in [-0.39, 0.29) is 23.4 Å². The molecule has 1 amide bonds. The van der Waals surface area contributed by atoms with Crippen LogP contribution in [0, 0.1) is 5.92 Å². The van der Waals surface area contributed by atoms with Crippen molar-refractivity contribution in [1.29, 1.82) is 0 Å². The molecule has 0 bridgehead atoms. The molecule has 2 aromatic heterocycles. The molecule has 0 saturated carbocycles. The summed E-state index contributed by atoms with van der Waals surface area (Å²) in [6, 6.07) is 4.20. The van der Waals surface area contributed by atoms with Crippen LogP contribution in [-0.2, 0) is 4.79 Å². The largest absolute Gasteiger partial charge is 0.503 e. The number of phenols is 1. The SMILES string of the molecule is CCOc1ccncc1NC(=O)C1C(C)Nc2nnnn2C1c1cc(Br)c(O)c(OC)c1. The number of rotatable bonds is 6. The zero-order valence-corrected chi connectivity index (χ0v) is 19.2. The molecule has 3 N–H and O–H groups in total. The average molecular weight is 504 g/mol. The highest BCUT2D eigenvalue weighted by molar-refractivity contribution is 9.10. The first kappa shape index (κ1) is 21.8. The number of amides is 1. The number of fused-ring (bicyclic) bond motifs is 1. The van der Waals surface area contributed by atoms with E-state index >= 15 is 0 Å². The third-order valence-corrected chi connectivity index (χ3v) is 5.85. The van der Waals surface area contributed by atoms with Crippen molar-refractivity contribution >= 4 is 33.5 Å². The monoisotopic (exact) mass is 503 g/mol. The molecule has 0 radical (unpaired) electrons. The van der Waals surface area contributed by atoms with E-state index in [1.165, 1.54) is 7.11 Å². The van der Waals surface area contributed by atoms with Crippen molar-refractivity contribution in [2.45, 2.75) is 25.9 Å². The molecule has 0 saturated heterocycles. The van der Waals surface area contributed by atoms with Crippen LogP contribution in [0.1, 0.15) is 25.5 Å².